The zero-order chi connectivity index (χ0) is 52.1. The number of fused-ring (bicyclic) bond motifs is 6. The summed E-state index contributed by atoms with van der Waals surface area (Å²) in [6, 6.07) is 27.6. The Bertz CT molecular complexity index is 2970. The predicted octanol–water partition coefficient (Wildman–Crippen LogP) is 7.26. The minimum absolute atomic E-state index is 0.0128. The summed E-state index contributed by atoms with van der Waals surface area (Å²) < 4.78 is 77.9. The Balaban J connectivity index is 1.00. The van der Waals surface area contributed by atoms with Crippen molar-refractivity contribution in [2.45, 2.75) is 75.2 Å². The molecule has 5 aromatic carbocycles. The molecule has 4 aliphatic heterocycles. The van der Waals surface area contributed by atoms with Crippen LogP contribution >= 0.6 is 12.6 Å². The number of thiol groups is 1. The predicted molar refractivity (Wildman–Crippen MR) is 285 cm³/mol. The topological polar surface area (TPSA) is 187 Å². The highest BCUT2D eigenvalue weighted by Crippen LogP contribution is 2.42. The lowest BCUT2D eigenvalue weighted by molar-refractivity contribution is 0.0264. The second-order valence-electron chi connectivity index (χ2n) is 19.6. The van der Waals surface area contributed by atoms with E-state index in [0.717, 1.165) is 39.9 Å². The fraction of sp³-hybridized carbons (Fsp3) is 0.418. The number of nitrogens with zero attached hydrogens (tertiary/aromatic N) is 3. The van der Waals surface area contributed by atoms with E-state index in [9.17, 15) is 22.6 Å². The third-order valence-corrected chi connectivity index (χ3v) is 15.0. The Morgan fingerprint density at radius 2 is 1.23 bits per heavy atom. The largest absolute Gasteiger partial charge is 0.493 e. The van der Waals surface area contributed by atoms with Crippen LogP contribution in [-0.4, -0.2) is 131 Å². The van der Waals surface area contributed by atoms with E-state index in [4.69, 9.17) is 45.8 Å². The van der Waals surface area contributed by atoms with Gasteiger partial charge < -0.3 is 58.5 Å². The van der Waals surface area contributed by atoms with Gasteiger partial charge in [0.2, 0.25) is 0 Å². The van der Waals surface area contributed by atoms with Gasteiger partial charge in [-0.05, 0) is 90.4 Å². The summed E-state index contributed by atoms with van der Waals surface area (Å²) in [6.45, 7) is 8.75. The number of anilines is 3. The number of amides is 2. The van der Waals surface area contributed by atoms with Crippen molar-refractivity contribution in [3.05, 3.63) is 136 Å². The zero-order valence-electron chi connectivity index (χ0n) is 42.4. The molecule has 0 aliphatic carbocycles. The second kappa shape index (κ2) is 22.7. The quantitative estimate of drug-likeness (QED) is 0.0327. The first-order valence-electron chi connectivity index (χ1n) is 24.8. The van der Waals surface area contributed by atoms with Crippen molar-refractivity contribution in [2.75, 3.05) is 89.5 Å². The van der Waals surface area contributed by atoms with E-state index in [1.807, 2.05) is 79.4 Å². The van der Waals surface area contributed by atoms with Gasteiger partial charge in [-0.15, -0.1) is 0 Å². The summed E-state index contributed by atoms with van der Waals surface area (Å²) in [5.74, 6) is 0.865. The summed E-state index contributed by atoms with van der Waals surface area (Å²) in [4.78, 5) is 34.2. The van der Waals surface area contributed by atoms with Crippen molar-refractivity contribution in [2.24, 2.45) is 0 Å². The summed E-state index contributed by atoms with van der Waals surface area (Å²) in [5, 5.41) is 5.01. The van der Waals surface area contributed by atoms with Crippen LogP contribution in [0, 0.1) is 0 Å². The lowest BCUT2D eigenvalue weighted by Crippen LogP contribution is -2.53. The van der Waals surface area contributed by atoms with Gasteiger partial charge in [-0.1, -0.05) is 48.5 Å². The van der Waals surface area contributed by atoms with E-state index in [2.05, 4.69) is 27.7 Å². The van der Waals surface area contributed by atoms with E-state index in [-0.39, 0.29) is 60.9 Å². The van der Waals surface area contributed by atoms with Gasteiger partial charge in [0.1, 0.15) is 13.2 Å². The number of rotatable bonds is 21. The van der Waals surface area contributed by atoms with Gasteiger partial charge in [-0.3, -0.25) is 14.1 Å². The van der Waals surface area contributed by atoms with E-state index in [0.29, 0.717) is 82.0 Å². The Hall–Kier alpha value is -6.22. The van der Waals surface area contributed by atoms with Crippen LogP contribution in [0.5, 0.6) is 23.0 Å². The van der Waals surface area contributed by atoms with Crippen LogP contribution in [0.2, 0.25) is 0 Å². The summed E-state index contributed by atoms with van der Waals surface area (Å²) >= 11 is 4.93. The van der Waals surface area contributed by atoms with Gasteiger partial charge in [0.15, 0.2) is 28.4 Å². The van der Waals surface area contributed by atoms with Crippen LogP contribution in [0.3, 0.4) is 0 Å². The molecule has 74 heavy (non-hydrogen) atoms. The number of methoxy groups -OCH3 is 3. The summed E-state index contributed by atoms with van der Waals surface area (Å²) in [6.07, 6.45) is 0.972. The third-order valence-electron chi connectivity index (χ3n) is 13.8. The number of nitrogens with one attached hydrogen (secondary N) is 2. The molecule has 0 fully saturated rings. The molecule has 17 nitrogen and oxygen atoms in total. The zero-order valence-corrected chi connectivity index (χ0v) is 44.1. The number of hydrogen-bond donors (Lipinski definition) is 4. The SMILES string of the molecule is COCCOCCOCCN(CC(C)(C)S)c1cc(COc2cc3c(cc2OC)C(=O)N2Cc4ccccc4C[C@H]2CN3)cc(COc2cc3c(cc2OC)C(=O)N2Cc4ccccc4C[C@H]2C(S(=O)(=O)O)N3)c1. The van der Waals surface area contributed by atoms with Gasteiger partial charge in [0.05, 0.1) is 81.8 Å². The normalized spacial score (nSPS) is 18.0. The number of carbonyl (C=O) groups excluding carboxylic acids is 2. The summed E-state index contributed by atoms with van der Waals surface area (Å²) in [7, 11) is -0.0652. The Kier molecular flexibility index (Phi) is 16.2. The van der Waals surface area contributed by atoms with E-state index < -0.39 is 32.2 Å². The van der Waals surface area contributed by atoms with E-state index >= 15 is 0 Å². The van der Waals surface area contributed by atoms with Crippen molar-refractivity contribution in [3.63, 3.8) is 0 Å². The van der Waals surface area contributed by atoms with Crippen molar-refractivity contribution in [1.82, 2.24) is 9.80 Å². The van der Waals surface area contributed by atoms with Gasteiger partial charge >= 0.3 is 0 Å². The highest BCUT2D eigenvalue weighted by atomic mass is 32.2. The molecule has 4 heterocycles. The van der Waals surface area contributed by atoms with Crippen LogP contribution in [0.4, 0.5) is 17.1 Å². The second-order valence-corrected chi connectivity index (χ2v) is 22.4. The molecule has 0 spiro atoms. The smallest absolute Gasteiger partial charge is 0.288 e. The molecule has 0 radical (unpaired) electrons. The van der Waals surface area contributed by atoms with E-state index in [1.165, 1.54) is 17.6 Å². The number of hydrogen-bond acceptors (Lipinski definition) is 15. The maximum absolute atomic E-state index is 14.4. The molecule has 3 atom stereocenters. The third kappa shape index (κ3) is 12.0. The molecule has 5 aromatic rings. The van der Waals surface area contributed by atoms with Crippen LogP contribution in [-0.2, 0) is 63.5 Å². The molecular weight excluding hydrogens is 987 g/mol. The Morgan fingerprint density at radius 3 is 1.82 bits per heavy atom. The molecule has 9 rings (SSSR count). The van der Waals surface area contributed by atoms with Gasteiger partial charge in [-0.25, -0.2) is 0 Å². The molecule has 2 amide bonds. The fourth-order valence-corrected chi connectivity index (χ4v) is 11.3. The lowest BCUT2D eigenvalue weighted by Gasteiger charge is -2.38. The van der Waals surface area contributed by atoms with Gasteiger partial charge in [0.25, 0.3) is 21.9 Å². The molecule has 19 heteroatoms. The Morgan fingerprint density at radius 1 is 0.689 bits per heavy atom. The monoisotopic (exact) mass is 1050 g/mol. The van der Waals surface area contributed by atoms with Gasteiger partial charge in [-0.2, -0.15) is 21.0 Å². The average Bonchev–Trinajstić information content (AvgIpc) is 3.59. The minimum Gasteiger partial charge on any atom is -0.493 e. The average molecular weight is 1050 g/mol. The number of benzene rings is 5. The number of carbonyl (C=O) groups is 2. The molecule has 0 aromatic heterocycles. The van der Waals surface area contributed by atoms with Crippen molar-refractivity contribution >= 4 is 51.6 Å². The van der Waals surface area contributed by atoms with Crippen LogP contribution in [0.1, 0.15) is 67.9 Å². The van der Waals surface area contributed by atoms with Gasteiger partial charge in [0, 0.05) is 62.4 Å². The highest BCUT2D eigenvalue weighted by Gasteiger charge is 2.45. The Labute approximate surface area is 438 Å². The first-order chi connectivity index (χ1) is 35.6. The first kappa shape index (κ1) is 52.6. The maximum atomic E-state index is 14.4. The molecule has 3 N–H and O–H groups in total. The van der Waals surface area contributed by atoms with Crippen molar-refractivity contribution < 1.29 is 55.7 Å². The molecule has 0 saturated carbocycles. The highest BCUT2D eigenvalue weighted by molar-refractivity contribution is 7.86. The fourth-order valence-electron chi connectivity index (χ4n) is 10.2. The maximum Gasteiger partial charge on any atom is 0.288 e. The first-order valence-corrected chi connectivity index (χ1v) is 26.7. The standard InChI is InChI=1S/C55H65N5O12S2/c1-55(2,73)34-58(14-15-69-18-19-70-17-16-66-3)41-21-35(32-71-50-27-45-43(25-48(50)67-4)53(61)59-30-39-12-8-6-10-37(39)23-42(59)29-56-45)20-36(22-41)33-72-51-28-46-44(26-49(51)68-5)54(62)60-31-40-13-9-7-11-38(40)24-47(60)52(57-46)74(63,64)65/h6-13,20-22,25-28,42,47,52,56-57,73H,14-19,23-24,29-34H2,1-5H3,(H,63,64,65)/t42-,47-,52?/m0/s1. The van der Waals surface area contributed by atoms with E-state index in [1.54, 1.807) is 32.4 Å². The number of ether oxygens (including phenoxy) is 7. The summed E-state index contributed by atoms with van der Waals surface area (Å²) in [5.41, 5.74) is 8.10. The molecule has 4 aliphatic rings. The molecule has 1 unspecified atom stereocenters. The molecule has 0 saturated heterocycles. The van der Waals surface area contributed by atoms with Crippen LogP contribution in [0.15, 0.2) is 91.0 Å². The molecular formula is C55H65N5O12S2. The van der Waals surface area contributed by atoms with Crippen molar-refractivity contribution in [1.29, 1.82) is 0 Å². The molecule has 394 valence electrons. The van der Waals surface area contributed by atoms with Crippen LogP contribution in [0.25, 0.3) is 0 Å². The van der Waals surface area contributed by atoms with Crippen LogP contribution < -0.4 is 34.5 Å². The van der Waals surface area contributed by atoms with Crippen molar-refractivity contribution in [3.8, 4) is 23.0 Å². The molecule has 0 bridgehead atoms. The lowest BCUT2D eigenvalue weighted by atomic mass is 9.93. The minimum atomic E-state index is -4.72.